The SMILES string of the molecule is CC(C)c1c(CC2CO2)c(CC2CO2)c(C(C)C)c(-c2ccc(N)cc2)c1-c1ccc(N)cc1. The number of nitrogens with two attached hydrogens (primary N) is 2. The van der Waals surface area contributed by atoms with Crippen LogP contribution in [-0.4, -0.2) is 25.4 Å². The van der Waals surface area contributed by atoms with Crippen molar-refractivity contribution < 1.29 is 9.47 Å². The third kappa shape index (κ3) is 4.57. The molecule has 2 heterocycles. The van der Waals surface area contributed by atoms with E-state index in [1.54, 1.807) is 0 Å². The topological polar surface area (TPSA) is 77.1 Å². The van der Waals surface area contributed by atoms with E-state index in [9.17, 15) is 0 Å². The minimum Gasteiger partial charge on any atom is -0.399 e. The van der Waals surface area contributed by atoms with Crippen molar-refractivity contribution in [1.82, 2.24) is 0 Å². The lowest BCUT2D eigenvalue weighted by molar-refractivity contribution is 0.400. The highest BCUT2D eigenvalue weighted by molar-refractivity contribution is 5.91. The first-order valence-electron chi connectivity index (χ1n) is 12.5. The maximum absolute atomic E-state index is 6.09. The molecule has 0 saturated carbocycles. The molecule has 0 amide bonds. The van der Waals surface area contributed by atoms with Crippen LogP contribution in [0.2, 0.25) is 0 Å². The molecule has 0 spiro atoms. The van der Waals surface area contributed by atoms with E-state index in [2.05, 4.69) is 52.0 Å². The summed E-state index contributed by atoms with van der Waals surface area (Å²) in [5.74, 6) is 0.711. The van der Waals surface area contributed by atoms with Crippen molar-refractivity contribution in [2.24, 2.45) is 0 Å². The van der Waals surface area contributed by atoms with Crippen molar-refractivity contribution in [3.63, 3.8) is 0 Å². The molecule has 0 radical (unpaired) electrons. The number of hydrogen-bond acceptors (Lipinski definition) is 4. The lowest BCUT2D eigenvalue weighted by Crippen LogP contribution is -2.15. The molecular weight excluding hydrogens is 420 g/mol. The highest BCUT2D eigenvalue weighted by Crippen LogP contribution is 2.48. The standard InChI is InChI=1S/C30H36N2O2/c1-17(2)27-25(13-23-15-33-23)26(14-24-16-34-24)28(18(3)4)30(20-7-11-22(32)12-8-20)29(27)19-5-9-21(31)10-6-19/h5-12,17-18,23-24H,13-16,31-32H2,1-4H3. The van der Waals surface area contributed by atoms with E-state index in [0.717, 1.165) is 37.4 Å². The fraction of sp³-hybridized carbons (Fsp3) is 0.400. The Morgan fingerprint density at radius 3 is 1.24 bits per heavy atom. The summed E-state index contributed by atoms with van der Waals surface area (Å²) in [6, 6.07) is 16.7. The first-order chi connectivity index (χ1) is 16.3. The average Bonchev–Trinajstić information content (AvgIpc) is 3.71. The second kappa shape index (κ2) is 9.09. The van der Waals surface area contributed by atoms with E-state index < -0.39 is 0 Å². The van der Waals surface area contributed by atoms with E-state index in [-0.39, 0.29) is 0 Å². The molecule has 34 heavy (non-hydrogen) atoms. The van der Waals surface area contributed by atoms with Gasteiger partial charge in [0.25, 0.3) is 0 Å². The van der Waals surface area contributed by atoms with E-state index in [0.29, 0.717) is 24.0 Å². The molecule has 3 aromatic carbocycles. The van der Waals surface area contributed by atoms with Gasteiger partial charge in [0.15, 0.2) is 0 Å². The van der Waals surface area contributed by atoms with E-state index in [1.807, 2.05) is 24.3 Å². The van der Waals surface area contributed by atoms with Gasteiger partial charge < -0.3 is 20.9 Å². The van der Waals surface area contributed by atoms with Crippen molar-refractivity contribution in [2.75, 3.05) is 24.7 Å². The summed E-state index contributed by atoms with van der Waals surface area (Å²) in [4.78, 5) is 0. The zero-order chi connectivity index (χ0) is 24.0. The maximum atomic E-state index is 6.09. The lowest BCUT2D eigenvalue weighted by atomic mass is 9.73. The molecule has 2 aliphatic heterocycles. The molecule has 2 fully saturated rings. The largest absolute Gasteiger partial charge is 0.399 e. The van der Waals surface area contributed by atoms with Crippen LogP contribution in [0.5, 0.6) is 0 Å². The molecular formula is C30H36N2O2. The number of benzene rings is 3. The first kappa shape index (κ1) is 22.9. The Bertz CT molecular complexity index is 1080. The monoisotopic (exact) mass is 456 g/mol. The summed E-state index contributed by atoms with van der Waals surface area (Å²) in [6.45, 7) is 11.0. The Hall–Kier alpha value is -2.82. The van der Waals surface area contributed by atoms with Crippen LogP contribution in [0, 0.1) is 0 Å². The van der Waals surface area contributed by atoms with Gasteiger partial charge in [0.05, 0.1) is 25.4 Å². The third-order valence-electron chi connectivity index (χ3n) is 7.02. The molecule has 0 aliphatic carbocycles. The number of ether oxygens (including phenoxy) is 2. The average molecular weight is 457 g/mol. The summed E-state index contributed by atoms with van der Waals surface area (Å²) in [5.41, 5.74) is 24.6. The highest BCUT2D eigenvalue weighted by atomic mass is 16.6. The van der Waals surface area contributed by atoms with Crippen LogP contribution >= 0.6 is 0 Å². The van der Waals surface area contributed by atoms with Gasteiger partial charge in [-0.25, -0.2) is 0 Å². The van der Waals surface area contributed by atoms with E-state index in [1.165, 1.54) is 44.5 Å². The molecule has 178 valence electrons. The zero-order valence-corrected chi connectivity index (χ0v) is 20.7. The molecule has 2 aliphatic rings. The van der Waals surface area contributed by atoms with Gasteiger partial charge in [-0.2, -0.15) is 0 Å². The number of hydrogen-bond donors (Lipinski definition) is 2. The lowest BCUT2D eigenvalue weighted by Gasteiger charge is -2.30. The van der Waals surface area contributed by atoms with Gasteiger partial charge in [-0.05, 0) is 80.6 Å². The van der Waals surface area contributed by atoms with Crippen LogP contribution in [-0.2, 0) is 22.3 Å². The molecule has 4 N–H and O–H groups in total. The van der Waals surface area contributed by atoms with Gasteiger partial charge in [-0.15, -0.1) is 0 Å². The summed E-state index contributed by atoms with van der Waals surface area (Å²) in [5, 5.41) is 0. The van der Waals surface area contributed by atoms with Gasteiger partial charge in [-0.1, -0.05) is 52.0 Å². The molecule has 0 bridgehead atoms. The van der Waals surface area contributed by atoms with Gasteiger partial charge in [0.2, 0.25) is 0 Å². The molecule has 0 aromatic heterocycles. The van der Waals surface area contributed by atoms with Gasteiger partial charge >= 0.3 is 0 Å². The summed E-state index contributed by atoms with van der Waals surface area (Å²) in [6.07, 6.45) is 2.55. The summed E-state index contributed by atoms with van der Waals surface area (Å²) in [7, 11) is 0. The van der Waals surface area contributed by atoms with Gasteiger partial charge in [0.1, 0.15) is 0 Å². The van der Waals surface area contributed by atoms with Crippen molar-refractivity contribution in [2.45, 2.75) is 64.6 Å². The second-order valence-electron chi connectivity index (χ2n) is 10.4. The van der Waals surface area contributed by atoms with Crippen molar-refractivity contribution in [3.8, 4) is 22.3 Å². The van der Waals surface area contributed by atoms with Crippen LogP contribution in [0.4, 0.5) is 11.4 Å². The van der Waals surface area contributed by atoms with E-state index >= 15 is 0 Å². The maximum Gasteiger partial charge on any atom is 0.0850 e. The third-order valence-corrected chi connectivity index (χ3v) is 7.02. The molecule has 3 aromatic rings. The predicted molar refractivity (Wildman–Crippen MR) is 141 cm³/mol. The van der Waals surface area contributed by atoms with Gasteiger partial charge in [0, 0.05) is 24.2 Å². The van der Waals surface area contributed by atoms with Gasteiger partial charge in [-0.3, -0.25) is 0 Å². The van der Waals surface area contributed by atoms with Crippen molar-refractivity contribution in [3.05, 3.63) is 70.8 Å². The Labute approximate surface area is 203 Å². The normalized spacial score (nSPS) is 19.1. The fourth-order valence-corrected chi connectivity index (χ4v) is 5.36. The second-order valence-corrected chi connectivity index (χ2v) is 10.4. The Morgan fingerprint density at radius 1 is 0.647 bits per heavy atom. The predicted octanol–water partition coefficient (Wildman–Crippen LogP) is 6.31. The molecule has 2 saturated heterocycles. The first-order valence-corrected chi connectivity index (χ1v) is 12.5. The van der Waals surface area contributed by atoms with Crippen LogP contribution in [0.1, 0.15) is 61.8 Å². The molecule has 2 atom stereocenters. The summed E-state index contributed by atoms with van der Waals surface area (Å²) < 4.78 is 11.5. The quantitative estimate of drug-likeness (QED) is 0.307. The fourth-order valence-electron chi connectivity index (χ4n) is 5.36. The smallest absolute Gasteiger partial charge is 0.0850 e. The number of nitrogen functional groups attached to an aromatic ring is 2. The van der Waals surface area contributed by atoms with Crippen LogP contribution in [0.3, 0.4) is 0 Å². The number of epoxide rings is 2. The number of anilines is 2. The van der Waals surface area contributed by atoms with E-state index in [4.69, 9.17) is 20.9 Å². The van der Waals surface area contributed by atoms with Crippen LogP contribution in [0.25, 0.3) is 22.3 Å². The molecule has 4 heteroatoms. The summed E-state index contributed by atoms with van der Waals surface area (Å²) >= 11 is 0. The molecule has 4 nitrogen and oxygen atoms in total. The molecule has 2 unspecified atom stereocenters. The Balaban J connectivity index is 1.90. The minimum absolute atomic E-state index is 0.318. The Kier molecular flexibility index (Phi) is 6.13. The number of rotatable bonds is 8. The minimum atomic E-state index is 0.318. The Morgan fingerprint density at radius 2 is 0.971 bits per heavy atom. The van der Waals surface area contributed by atoms with Crippen molar-refractivity contribution in [1.29, 1.82) is 0 Å². The van der Waals surface area contributed by atoms with Crippen molar-refractivity contribution >= 4 is 11.4 Å². The molecule has 5 rings (SSSR count). The highest BCUT2D eigenvalue weighted by Gasteiger charge is 2.34. The zero-order valence-electron chi connectivity index (χ0n) is 20.7. The van der Waals surface area contributed by atoms with Crippen LogP contribution in [0.15, 0.2) is 48.5 Å². The van der Waals surface area contributed by atoms with Crippen LogP contribution < -0.4 is 11.5 Å².